The van der Waals surface area contributed by atoms with Crippen LogP contribution in [0.15, 0.2) is 18.2 Å². The number of hydrogen-bond acceptors (Lipinski definition) is 2. The Labute approximate surface area is 56.4 Å². The van der Waals surface area contributed by atoms with Crippen LogP contribution in [0.25, 0.3) is 0 Å². The van der Waals surface area contributed by atoms with Gasteiger partial charge in [-0.1, -0.05) is 6.07 Å². The van der Waals surface area contributed by atoms with Crippen LogP contribution in [-0.4, -0.2) is 0 Å². The van der Waals surface area contributed by atoms with Crippen molar-refractivity contribution in [3.05, 3.63) is 18.2 Å². The summed E-state index contributed by atoms with van der Waals surface area (Å²) in [5, 5.41) is 1.06. The van der Waals surface area contributed by atoms with Crippen LogP contribution in [0, 0.1) is 0 Å². The van der Waals surface area contributed by atoms with Gasteiger partial charge in [0.05, 0.1) is 11.4 Å². The van der Waals surface area contributed by atoms with Gasteiger partial charge in [0.2, 0.25) is 0 Å². The van der Waals surface area contributed by atoms with E-state index in [0.29, 0.717) is 11.4 Å². The molecule has 0 radical (unpaired) electrons. The molecule has 1 atom stereocenters. The molecule has 0 aromatic heterocycles. The predicted molar refractivity (Wildman–Crippen MR) is 44.6 cm³/mol. The lowest BCUT2D eigenvalue weighted by Crippen LogP contribution is -1.98. The Balaban J connectivity index is 3.17. The Morgan fingerprint density at radius 3 is 2.22 bits per heavy atom. The van der Waals surface area contributed by atoms with E-state index >= 15 is 0 Å². The first-order chi connectivity index (χ1) is 4.20. The van der Waals surface area contributed by atoms with Gasteiger partial charge in [0.25, 0.3) is 0 Å². The normalized spacial score (nSPS) is 9.44. The first-order valence-electron chi connectivity index (χ1n) is 2.60. The average Bonchev–Trinajstić information content (AvgIpc) is 1.80. The van der Waals surface area contributed by atoms with Crippen LogP contribution in [0.3, 0.4) is 0 Å². The zero-order chi connectivity index (χ0) is 6.85. The maximum atomic E-state index is 5.48. The van der Waals surface area contributed by atoms with Gasteiger partial charge in [-0.2, -0.15) is 0 Å². The standard InChI is InChI=1S/C6H9N2P/c7-5-2-1-4(9)3-6(5)8/h1-3H,7-9H2. The number of nitrogens with two attached hydrogens (primary N) is 2. The smallest absolute Gasteiger partial charge is 0.0554 e. The summed E-state index contributed by atoms with van der Waals surface area (Å²) >= 11 is 0. The summed E-state index contributed by atoms with van der Waals surface area (Å²) in [6.07, 6.45) is 0. The van der Waals surface area contributed by atoms with E-state index in [2.05, 4.69) is 9.24 Å². The van der Waals surface area contributed by atoms with Crippen molar-refractivity contribution in [1.82, 2.24) is 0 Å². The molecule has 0 aliphatic heterocycles. The molecule has 9 heavy (non-hydrogen) atoms. The highest BCUT2D eigenvalue weighted by Crippen LogP contribution is 2.11. The number of benzene rings is 1. The molecule has 0 aliphatic rings. The van der Waals surface area contributed by atoms with Crippen molar-refractivity contribution in [2.75, 3.05) is 11.5 Å². The third-order valence-corrected chi connectivity index (χ3v) is 1.47. The topological polar surface area (TPSA) is 52.0 Å². The summed E-state index contributed by atoms with van der Waals surface area (Å²) < 4.78 is 0. The average molecular weight is 140 g/mol. The van der Waals surface area contributed by atoms with Gasteiger partial charge < -0.3 is 11.5 Å². The molecule has 48 valence electrons. The molecule has 2 nitrogen and oxygen atoms in total. The number of rotatable bonds is 0. The van der Waals surface area contributed by atoms with Crippen molar-refractivity contribution in [1.29, 1.82) is 0 Å². The minimum Gasteiger partial charge on any atom is -0.397 e. The van der Waals surface area contributed by atoms with Crippen molar-refractivity contribution in [2.24, 2.45) is 0 Å². The van der Waals surface area contributed by atoms with Gasteiger partial charge in [0, 0.05) is 0 Å². The van der Waals surface area contributed by atoms with Crippen LogP contribution < -0.4 is 16.8 Å². The van der Waals surface area contributed by atoms with Gasteiger partial charge in [-0.25, -0.2) is 0 Å². The molecule has 1 unspecified atom stereocenters. The Kier molecular flexibility index (Phi) is 1.58. The van der Waals surface area contributed by atoms with Crippen LogP contribution in [0.1, 0.15) is 0 Å². The zero-order valence-electron chi connectivity index (χ0n) is 4.96. The molecule has 0 amide bonds. The van der Waals surface area contributed by atoms with Crippen molar-refractivity contribution < 1.29 is 0 Å². The van der Waals surface area contributed by atoms with Crippen molar-refractivity contribution in [3.63, 3.8) is 0 Å². The predicted octanol–water partition coefficient (Wildman–Crippen LogP) is 0.351. The highest BCUT2D eigenvalue weighted by atomic mass is 31.0. The molecule has 0 bridgehead atoms. The third-order valence-electron chi connectivity index (χ3n) is 1.11. The second-order valence-electron chi connectivity index (χ2n) is 1.89. The summed E-state index contributed by atoms with van der Waals surface area (Å²) in [7, 11) is 2.55. The fourth-order valence-electron chi connectivity index (χ4n) is 0.593. The van der Waals surface area contributed by atoms with E-state index in [1.54, 1.807) is 6.07 Å². The maximum absolute atomic E-state index is 5.48. The molecular formula is C6H9N2P. The summed E-state index contributed by atoms with van der Waals surface area (Å²) in [6, 6.07) is 5.51. The van der Waals surface area contributed by atoms with E-state index in [0.717, 1.165) is 5.30 Å². The summed E-state index contributed by atoms with van der Waals surface area (Å²) in [6.45, 7) is 0. The number of hydrogen-bond donors (Lipinski definition) is 2. The van der Waals surface area contributed by atoms with Crippen molar-refractivity contribution in [3.8, 4) is 0 Å². The molecule has 1 rings (SSSR count). The Morgan fingerprint density at radius 1 is 1.11 bits per heavy atom. The molecule has 0 fully saturated rings. The van der Waals surface area contributed by atoms with E-state index in [1.807, 2.05) is 12.1 Å². The molecule has 0 heterocycles. The Hall–Kier alpha value is -0.750. The minimum atomic E-state index is 0.640. The first-order valence-corrected chi connectivity index (χ1v) is 3.18. The Bertz CT molecular complexity index is 222. The molecule has 4 N–H and O–H groups in total. The maximum Gasteiger partial charge on any atom is 0.0554 e. The number of anilines is 2. The highest BCUT2D eigenvalue weighted by molar-refractivity contribution is 7.27. The second kappa shape index (κ2) is 2.24. The van der Waals surface area contributed by atoms with Gasteiger partial charge in [0.15, 0.2) is 0 Å². The molecule has 3 heteroatoms. The van der Waals surface area contributed by atoms with E-state index in [1.165, 1.54) is 0 Å². The SMILES string of the molecule is Nc1ccc(P)cc1N. The second-order valence-corrected chi connectivity index (χ2v) is 2.56. The van der Waals surface area contributed by atoms with Crippen LogP contribution in [0.4, 0.5) is 11.4 Å². The molecule has 0 saturated carbocycles. The fourth-order valence-corrected chi connectivity index (χ4v) is 0.869. The number of nitrogen functional groups attached to an aromatic ring is 2. The fraction of sp³-hybridized carbons (Fsp3) is 0. The largest absolute Gasteiger partial charge is 0.397 e. The lowest BCUT2D eigenvalue weighted by atomic mass is 10.3. The van der Waals surface area contributed by atoms with Crippen molar-refractivity contribution in [2.45, 2.75) is 0 Å². The van der Waals surface area contributed by atoms with Crippen LogP contribution in [0.2, 0.25) is 0 Å². The first kappa shape index (κ1) is 6.37. The van der Waals surface area contributed by atoms with Crippen molar-refractivity contribution >= 4 is 25.9 Å². The molecule has 1 aromatic carbocycles. The van der Waals surface area contributed by atoms with Gasteiger partial charge in [-0.15, -0.1) is 9.24 Å². The lowest BCUT2D eigenvalue weighted by Gasteiger charge is -1.98. The third kappa shape index (κ3) is 1.33. The van der Waals surface area contributed by atoms with E-state index in [4.69, 9.17) is 11.5 Å². The molecule has 1 aromatic rings. The van der Waals surface area contributed by atoms with Gasteiger partial charge in [-0.05, 0) is 17.4 Å². The minimum absolute atomic E-state index is 0.640. The summed E-state index contributed by atoms with van der Waals surface area (Å²) in [4.78, 5) is 0. The van der Waals surface area contributed by atoms with Gasteiger partial charge in [0.1, 0.15) is 0 Å². The van der Waals surface area contributed by atoms with Crippen LogP contribution in [-0.2, 0) is 0 Å². The molecule has 0 spiro atoms. The summed E-state index contributed by atoms with van der Waals surface area (Å²) in [5.41, 5.74) is 12.2. The highest BCUT2D eigenvalue weighted by Gasteiger charge is 1.90. The van der Waals surface area contributed by atoms with E-state index in [-0.39, 0.29) is 0 Å². The molecule has 0 aliphatic carbocycles. The quantitative estimate of drug-likeness (QED) is 0.403. The monoisotopic (exact) mass is 140 g/mol. The summed E-state index contributed by atoms with van der Waals surface area (Å²) in [5.74, 6) is 0. The zero-order valence-corrected chi connectivity index (χ0v) is 6.12. The van der Waals surface area contributed by atoms with Crippen LogP contribution >= 0.6 is 9.24 Å². The lowest BCUT2D eigenvalue weighted by molar-refractivity contribution is 1.70. The van der Waals surface area contributed by atoms with Gasteiger partial charge >= 0.3 is 0 Å². The van der Waals surface area contributed by atoms with E-state index in [9.17, 15) is 0 Å². The Morgan fingerprint density at radius 2 is 1.78 bits per heavy atom. The van der Waals surface area contributed by atoms with E-state index < -0.39 is 0 Å². The van der Waals surface area contributed by atoms with Gasteiger partial charge in [-0.3, -0.25) is 0 Å². The molecular weight excluding hydrogens is 131 g/mol. The molecule has 0 saturated heterocycles. The van der Waals surface area contributed by atoms with Crippen LogP contribution in [0.5, 0.6) is 0 Å².